The van der Waals surface area contributed by atoms with Crippen molar-refractivity contribution >= 4 is 21.4 Å². The molecule has 0 aromatic heterocycles. The Bertz CT molecular complexity index is 768. The molecule has 0 amide bonds. The topological polar surface area (TPSA) is 63.4 Å². The molecule has 21 heavy (non-hydrogen) atoms. The number of anilines is 2. The van der Waals surface area contributed by atoms with E-state index in [1.54, 1.807) is 12.1 Å². The number of nitrogens with zero attached hydrogens (tertiary/aromatic N) is 1. The van der Waals surface area contributed by atoms with Crippen molar-refractivity contribution < 1.29 is 12.8 Å². The zero-order chi connectivity index (χ0) is 15.8. The van der Waals surface area contributed by atoms with E-state index in [2.05, 4.69) is 0 Å². The third-order valence-electron chi connectivity index (χ3n) is 3.18. The highest BCUT2D eigenvalue weighted by atomic mass is 32.2. The van der Waals surface area contributed by atoms with Crippen molar-refractivity contribution in [2.75, 3.05) is 17.1 Å². The first-order chi connectivity index (χ1) is 9.71. The predicted molar refractivity (Wildman–Crippen MR) is 82.3 cm³/mol. The molecule has 0 saturated heterocycles. The second-order valence-corrected chi connectivity index (χ2v) is 6.94. The van der Waals surface area contributed by atoms with Gasteiger partial charge in [-0.15, -0.1) is 0 Å². The van der Waals surface area contributed by atoms with Crippen LogP contribution in [-0.2, 0) is 10.0 Å². The van der Waals surface area contributed by atoms with Crippen LogP contribution in [0.15, 0.2) is 41.3 Å². The van der Waals surface area contributed by atoms with E-state index in [4.69, 9.17) is 5.73 Å². The minimum atomic E-state index is -3.83. The molecule has 0 aliphatic carbocycles. The minimum Gasteiger partial charge on any atom is -0.398 e. The number of rotatable bonds is 3. The van der Waals surface area contributed by atoms with Gasteiger partial charge in [-0.3, -0.25) is 4.31 Å². The van der Waals surface area contributed by atoms with E-state index in [9.17, 15) is 12.8 Å². The number of halogens is 1. The first kappa shape index (κ1) is 15.3. The quantitative estimate of drug-likeness (QED) is 0.887. The maximum atomic E-state index is 13.1. The van der Waals surface area contributed by atoms with Crippen LogP contribution in [0.4, 0.5) is 15.8 Å². The molecule has 2 rings (SSSR count). The summed E-state index contributed by atoms with van der Waals surface area (Å²) in [6.45, 7) is 3.78. The maximum absolute atomic E-state index is 13.1. The van der Waals surface area contributed by atoms with E-state index < -0.39 is 15.8 Å². The summed E-state index contributed by atoms with van der Waals surface area (Å²) in [5.41, 5.74) is 7.99. The summed E-state index contributed by atoms with van der Waals surface area (Å²) < 4.78 is 39.4. The van der Waals surface area contributed by atoms with Crippen molar-refractivity contribution in [3.63, 3.8) is 0 Å². The van der Waals surface area contributed by atoms with Gasteiger partial charge in [0.1, 0.15) is 10.7 Å². The van der Waals surface area contributed by atoms with Gasteiger partial charge in [0.05, 0.1) is 11.4 Å². The van der Waals surface area contributed by atoms with Crippen molar-refractivity contribution in [1.82, 2.24) is 0 Å². The summed E-state index contributed by atoms with van der Waals surface area (Å²) in [6, 6.07) is 8.75. The van der Waals surface area contributed by atoms with Crippen LogP contribution in [-0.4, -0.2) is 15.5 Å². The average molecular weight is 308 g/mol. The van der Waals surface area contributed by atoms with Crippen LogP contribution in [0.5, 0.6) is 0 Å². The highest BCUT2D eigenvalue weighted by Gasteiger charge is 2.24. The van der Waals surface area contributed by atoms with E-state index in [0.717, 1.165) is 27.6 Å². The van der Waals surface area contributed by atoms with E-state index in [1.165, 1.54) is 13.1 Å². The Labute approximate surface area is 124 Å². The van der Waals surface area contributed by atoms with E-state index >= 15 is 0 Å². The van der Waals surface area contributed by atoms with Crippen LogP contribution in [0.25, 0.3) is 0 Å². The Morgan fingerprint density at radius 2 is 1.62 bits per heavy atom. The molecule has 0 aliphatic rings. The van der Waals surface area contributed by atoms with Gasteiger partial charge in [0.15, 0.2) is 0 Å². The van der Waals surface area contributed by atoms with Gasteiger partial charge < -0.3 is 5.73 Å². The van der Waals surface area contributed by atoms with E-state index in [-0.39, 0.29) is 10.6 Å². The van der Waals surface area contributed by atoms with Crippen molar-refractivity contribution in [2.45, 2.75) is 18.7 Å². The molecule has 0 fully saturated rings. The summed E-state index contributed by atoms with van der Waals surface area (Å²) in [4.78, 5) is -0.106. The fourth-order valence-corrected chi connectivity index (χ4v) is 3.45. The zero-order valence-electron chi connectivity index (χ0n) is 12.1. The number of benzene rings is 2. The molecule has 0 heterocycles. The molecule has 112 valence electrons. The standard InChI is InChI=1S/C15H17FN2O2S/c1-10-6-11(2)8-13(7-10)18(3)21(19,20)15-5-4-12(16)9-14(15)17/h4-9H,17H2,1-3H3. The van der Waals surface area contributed by atoms with Gasteiger partial charge in [0.2, 0.25) is 0 Å². The summed E-state index contributed by atoms with van der Waals surface area (Å²) >= 11 is 0. The molecule has 0 unspecified atom stereocenters. The Hall–Kier alpha value is -2.08. The van der Waals surface area contributed by atoms with E-state index in [0.29, 0.717) is 5.69 Å². The third kappa shape index (κ3) is 3.00. The summed E-state index contributed by atoms with van der Waals surface area (Å²) in [7, 11) is -2.38. The molecule has 2 aromatic rings. The molecule has 0 atom stereocenters. The highest BCUT2D eigenvalue weighted by Crippen LogP contribution is 2.27. The van der Waals surface area contributed by atoms with Crippen LogP contribution in [0.3, 0.4) is 0 Å². The molecule has 0 aliphatic heterocycles. The Morgan fingerprint density at radius 3 is 2.14 bits per heavy atom. The van der Waals surface area contributed by atoms with Crippen LogP contribution in [0.2, 0.25) is 0 Å². The van der Waals surface area contributed by atoms with E-state index in [1.807, 2.05) is 19.9 Å². The lowest BCUT2D eigenvalue weighted by Gasteiger charge is -2.21. The zero-order valence-corrected chi connectivity index (χ0v) is 12.9. The average Bonchev–Trinajstić information content (AvgIpc) is 2.36. The fourth-order valence-electron chi connectivity index (χ4n) is 2.17. The first-order valence-electron chi connectivity index (χ1n) is 6.34. The molecular weight excluding hydrogens is 291 g/mol. The smallest absolute Gasteiger partial charge is 0.266 e. The Morgan fingerprint density at radius 1 is 1.05 bits per heavy atom. The molecule has 4 nitrogen and oxygen atoms in total. The van der Waals surface area contributed by atoms with Crippen molar-refractivity contribution in [3.8, 4) is 0 Å². The number of aryl methyl sites for hydroxylation is 2. The lowest BCUT2D eigenvalue weighted by atomic mass is 10.1. The second kappa shape index (κ2) is 5.37. The van der Waals surface area contributed by atoms with Crippen LogP contribution < -0.4 is 10.0 Å². The molecule has 0 radical (unpaired) electrons. The van der Waals surface area contributed by atoms with Gasteiger partial charge in [-0.25, -0.2) is 12.8 Å². The number of nitrogens with two attached hydrogens (primary N) is 1. The highest BCUT2D eigenvalue weighted by molar-refractivity contribution is 7.93. The van der Waals surface area contributed by atoms with Crippen LogP contribution in [0, 0.1) is 19.7 Å². The van der Waals surface area contributed by atoms with Crippen LogP contribution >= 0.6 is 0 Å². The first-order valence-corrected chi connectivity index (χ1v) is 7.78. The van der Waals surface area contributed by atoms with Gasteiger partial charge in [-0.2, -0.15) is 0 Å². The van der Waals surface area contributed by atoms with Crippen molar-refractivity contribution in [1.29, 1.82) is 0 Å². The SMILES string of the molecule is Cc1cc(C)cc(N(C)S(=O)(=O)c2ccc(F)cc2N)c1. The monoisotopic (exact) mass is 308 g/mol. The summed E-state index contributed by atoms with van der Waals surface area (Å²) in [5, 5.41) is 0. The maximum Gasteiger partial charge on any atom is 0.266 e. The largest absolute Gasteiger partial charge is 0.398 e. The lowest BCUT2D eigenvalue weighted by molar-refractivity contribution is 0.593. The second-order valence-electron chi connectivity index (χ2n) is 5.00. The number of hydrogen-bond donors (Lipinski definition) is 1. The molecule has 0 spiro atoms. The van der Waals surface area contributed by atoms with Crippen LogP contribution in [0.1, 0.15) is 11.1 Å². The third-order valence-corrected chi connectivity index (χ3v) is 5.04. The Kier molecular flexibility index (Phi) is 3.91. The molecule has 2 aromatic carbocycles. The fraction of sp³-hybridized carbons (Fsp3) is 0.200. The summed E-state index contributed by atoms with van der Waals surface area (Å²) in [6.07, 6.45) is 0. The molecular formula is C15H17FN2O2S. The molecule has 2 N–H and O–H groups in total. The van der Waals surface area contributed by atoms with Crippen molar-refractivity contribution in [3.05, 3.63) is 53.3 Å². The van der Waals surface area contributed by atoms with Gasteiger partial charge in [-0.1, -0.05) is 6.07 Å². The number of nitrogen functional groups attached to an aromatic ring is 1. The van der Waals surface area contributed by atoms with Crippen molar-refractivity contribution in [2.24, 2.45) is 0 Å². The Balaban J connectivity index is 2.52. The molecule has 6 heteroatoms. The molecule has 0 saturated carbocycles. The summed E-state index contributed by atoms with van der Waals surface area (Å²) in [5.74, 6) is -0.569. The molecule has 0 bridgehead atoms. The lowest BCUT2D eigenvalue weighted by Crippen LogP contribution is -2.27. The van der Waals surface area contributed by atoms with Gasteiger partial charge in [0, 0.05) is 7.05 Å². The predicted octanol–water partition coefficient (Wildman–Crippen LogP) is 2.85. The van der Waals surface area contributed by atoms with Gasteiger partial charge in [0.25, 0.3) is 10.0 Å². The minimum absolute atomic E-state index is 0.105. The normalized spacial score (nSPS) is 11.4. The van der Waals surface area contributed by atoms with Gasteiger partial charge >= 0.3 is 0 Å². The van der Waals surface area contributed by atoms with Gasteiger partial charge in [-0.05, 0) is 55.3 Å². The number of sulfonamides is 1. The number of hydrogen-bond acceptors (Lipinski definition) is 3.